The van der Waals surface area contributed by atoms with Crippen molar-refractivity contribution in [3.05, 3.63) is 99.6 Å². The van der Waals surface area contributed by atoms with Gasteiger partial charge in [-0.2, -0.15) is 0 Å². The van der Waals surface area contributed by atoms with Crippen molar-refractivity contribution in [2.75, 3.05) is 33.4 Å². The van der Waals surface area contributed by atoms with E-state index in [0.29, 0.717) is 22.5 Å². The number of nitrogens with zero attached hydrogens (tertiary/aromatic N) is 3. The molecule has 0 bridgehead atoms. The molecule has 10 heteroatoms. The van der Waals surface area contributed by atoms with Crippen LogP contribution < -0.4 is 9.47 Å². The van der Waals surface area contributed by atoms with E-state index in [9.17, 15) is 4.39 Å². The molecule has 43 heavy (non-hydrogen) atoms. The summed E-state index contributed by atoms with van der Waals surface area (Å²) in [5, 5.41) is 1.12. The molecule has 0 radical (unpaired) electrons. The summed E-state index contributed by atoms with van der Waals surface area (Å²) in [6, 6.07) is 14.5. The topological polar surface area (TPSA) is 39.5 Å². The first kappa shape index (κ1) is 29.9. The summed E-state index contributed by atoms with van der Waals surface area (Å²) >= 11 is 7.57. The fourth-order valence-corrected chi connectivity index (χ4v) is 7.25. The zero-order valence-electron chi connectivity index (χ0n) is 23.9. The Labute approximate surface area is 259 Å². The maximum absolute atomic E-state index is 15.2. The summed E-state index contributed by atoms with van der Waals surface area (Å²) in [7, 11) is 1.58. The second-order valence-electron chi connectivity index (χ2n) is 10.9. The number of likely N-dealkylation sites (tertiary alicyclic amines) is 1. The van der Waals surface area contributed by atoms with Gasteiger partial charge in [-0.05, 0) is 87.2 Å². The largest absolute Gasteiger partial charge is 0.495 e. The molecule has 0 spiro atoms. The fraction of sp³-hybridized carbons (Fsp3) is 0.364. The average molecular weight is 628 g/mol. The number of ether oxygens (including phenoxy) is 2. The Hall–Kier alpha value is -3.14. The van der Waals surface area contributed by atoms with E-state index in [1.54, 1.807) is 19.2 Å². The SMILES string of the molecule is COc1cc(C2CCCc3nc(SCc4c(F)cc(OCCN5CCCC5)cc4F)n(-c4ccc(F)cc4)c32)ccc1Cl. The molecule has 3 aromatic carbocycles. The molecule has 0 amide bonds. The first-order valence-electron chi connectivity index (χ1n) is 14.6. The third-order valence-corrected chi connectivity index (χ3v) is 9.47. The van der Waals surface area contributed by atoms with Crippen molar-refractivity contribution in [2.24, 2.45) is 0 Å². The van der Waals surface area contributed by atoms with Crippen molar-refractivity contribution in [3.63, 3.8) is 0 Å². The molecule has 1 aliphatic carbocycles. The average Bonchev–Trinajstić information content (AvgIpc) is 3.65. The number of imidazole rings is 1. The van der Waals surface area contributed by atoms with Crippen LogP contribution in [-0.2, 0) is 12.2 Å². The molecule has 0 N–H and O–H groups in total. The van der Waals surface area contributed by atoms with Gasteiger partial charge in [-0.1, -0.05) is 29.4 Å². The second-order valence-corrected chi connectivity index (χ2v) is 12.3. The van der Waals surface area contributed by atoms with Gasteiger partial charge >= 0.3 is 0 Å². The minimum absolute atomic E-state index is 0.0210. The predicted octanol–water partition coefficient (Wildman–Crippen LogP) is 8.19. The monoisotopic (exact) mass is 627 g/mol. The third kappa shape index (κ3) is 6.54. The quantitative estimate of drug-likeness (QED) is 0.166. The number of hydrogen-bond donors (Lipinski definition) is 0. The van der Waals surface area contributed by atoms with Gasteiger partial charge < -0.3 is 9.47 Å². The van der Waals surface area contributed by atoms with Crippen LogP contribution in [0.2, 0.25) is 5.02 Å². The number of benzene rings is 3. The molecule has 1 aromatic heterocycles. The van der Waals surface area contributed by atoms with Crippen molar-refractivity contribution >= 4 is 23.4 Å². The minimum atomic E-state index is -0.653. The number of rotatable bonds is 10. The summed E-state index contributed by atoms with van der Waals surface area (Å²) in [6.45, 7) is 3.19. The lowest BCUT2D eigenvalue weighted by Gasteiger charge is -2.26. The highest BCUT2D eigenvalue weighted by atomic mass is 35.5. The Morgan fingerprint density at radius 2 is 1.72 bits per heavy atom. The van der Waals surface area contributed by atoms with E-state index < -0.39 is 11.6 Å². The van der Waals surface area contributed by atoms with Crippen molar-refractivity contribution in [1.82, 2.24) is 14.5 Å². The van der Waals surface area contributed by atoms with E-state index >= 15 is 8.78 Å². The zero-order valence-corrected chi connectivity index (χ0v) is 25.5. The summed E-state index contributed by atoms with van der Waals surface area (Å²) < 4.78 is 57.5. The van der Waals surface area contributed by atoms with Crippen LogP contribution in [-0.4, -0.2) is 47.8 Å². The number of aromatic nitrogens is 2. The highest BCUT2D eigenvalue weighted by Gasteiger charge is 2.31. The molecule has 5 nitrogen and oxygen atoms in total. The summed E-state index contributed by atoms with van der Waals surface area (Å²) in [5.74, 6) is -0.873. The highest BCUT2D eigenvalue weighted by molar-refractivity contribution is 7.98. The predicted molar refractivity (Wildman–Crippen MR) is 163 cm³/mol. The Morgan fingerprint density at radius 3 is 2.44 bits per heavy atom. The van der Waals surface area contributed by atoms with Crippen LogP contribution in [0.4, 0.5) is 13.2 Å². The van der Waals surface area contributed by atoms with E-state index in [2.05, 4.69) is 4.90 Å². The van der Waals surface area contributed by atoms with Crippen LogP contribution in [0.5, 0.6) is 11.5 Å². The van der Waals surface area contributed by atoms with Gasteiger partial charge in [-0.15, -0.1) is 0 Å². The summed E-state index contributed by atoms with van der Waals surface area (Å²) in [6.07, 6.45) is 4.92. The molecule has 1 fully saturated rings. The van der Waals surface area contributed by atoms with E-state index in [1.807, 2.05) is 22.8 Å². The molecule has 1 atom stereocenters. The van der Waals surface area contributed by atoms with Crippen molar-refractivity contribution in [1.29, 1.82) is 0 Å². The first-order valence-corrected chi connectivity index (χ1v) is 15.9. The van der Waals surface area contributed by atoms with E-state index in [0.717, 1.165) is 61.5 Å². The lowest BCUT2D eigenvalue weighted by Crippen LogP contribution is -2.25. The molecule has 1 aliphatic heterocycles. The number of fused-ring (bicyclic) bond motifs is 1. The fourth-order valence-electron chi connectivity index (χ4n) is 6.00. The van der Waals surface area contributed by atoms with E-state index in [1.165, 1.54) is 48.9 Å². The number of aryl methyl sites for hydroxylation is 1. The van der Waals surface area contributed by atoms with E-state index in [-0.39, 0.29) is 28.8 Å². The van der Waals surface area contributed by atoms with Gasteiger partial charge in [0.25, 0.3) is 0 Å². The smallest absolute Gasteiger partial charge is 0.173 e. The molecular formula is C33H33ClF3N3O2S. The molecule has 226 valence electrons. The third-order valence-electron chi connectivity index (χ3n) is 8.19. The van der Waals surface area contributed by atoms with E-state index in [4.69, 9.17) is 26.1 Å². The maximum Gasteiger partial charge on any atom is 0.173 e. The number of thioether (sulfide) groups is 1. The molecule has 6 rings (SSSR count). The van der Waals surface area contributed by atoms with Gasteiger partial charge in [0.15, 0.2) is 5.16 Å². The van der Waals surface area contributed by atoms with Crippen LogP contribution >= 0.6 is 23.4 Å². The van der Waals surface area contributed by atoms with Gasteiger partial charge in [0.2, 0.25) is 0 Å². The van der Waals surface area contributed by atoms with Crippen molar-refractivity contribution < 1.29 is 22.6 Å². The lowest BCUT2D eigenvalue weighted by molar-refractivity contribution is 0.236. The molecule has 0 saturated carbocycles. The van der Waals surface area contributed by atoms with Gasteiger partial charge in [0.1, 0.15) is 35.6 Å². The summed E-state index contributed by atoms with van der Waals surface area (Å²) in [4.78, 5) is 7.24. The van der Waals surface area contributed by atoms with Gasteiger partial charge in [0.05, 0.1) is 23.5 Å². The van der Waals surface area contributed by atoms with Gasteiger partial charge in [0, 0.05) is 41.6 Å². The number of hydrogen-bond acceptors (Lipinski definition) is 5. The first-order chi connectivity index (χ1) is 20.9. The molecule has 2 heterocycles. The van der Waals surface area contributed by atoms with Gasteiger partial charge in [-0.25, -0.2) is 18.2 Å². The normalized spacial score (nSPS) is 16.8. The van der Waals surface area contributed by atoms with Crippen molar-refractivity contribution in [2.45, 2.75) is 48.9 Å². The molecular weight excluding hydrogens is 595 g/mol. The van der Waals surface area contributed by atoms with Crippen molar-refractivity contribution in [3.8, 4) is 17.2 Å². The summed E-state index contributed by atoms with van der Waals surface area (Å²) in [5.41, 5.74) is 3.61. The molecule has 1 saturated heterocycles. The minimum Gasteiger partial charge on any atom is -0.495 e. The highest BCUT2D eigenvalue weighted by Crippen LogP contribution is 2.43. The second kappa shape index (κ2) is 13.2. The maximum atomic E-state index is 15.2. The molecule has 4 aromatic rings. The zero-order chi connectivity index (χ0) is 29.9. The van der Waals surface area contributed by atoms with Crippen LogP contribution in [0, 0.1) is 17.5 Å². The van der Waals surface area contributed by atoms with Crippen LogP contribution in [0.3, 0.4) is 0 Å². The van der Waals surface area contributed by atoms with Crippen LogP contribution in [0.1, 0.15) is 54.1 Å². The Morgan fingerprint density at radius 1 is 0.977 bits per heavy atom. The standard InChI is InChI=1S/C33H33ClF3N3O2S/c1-41-31-17-21(7-12-27(31)34)25-5-4-6-30-32(25)40(23-10-8-22(35)9-11-23)33(38-30)43-20-26-28(36)18-24(19-29(26)37)42-16-15-39-13-2-3-14-39/h7-12,17-19,25H,2-6,13-16,20H2,1H3. The Bertz CT molecular complexity index is 1570. The van der Waals surface area contributed by atoms with Crippen LogP contribution in [0.15, 0.2) is 59.8 Å². The molecule has 2 aliphatic rings. The van der Waals surface area contributed by atoms with Gasteiger partial charge in [-0.3, -0.25) is 9.47 Å². The Balaban J connectivity index is 1.29. The lowest BCUT2D eigenvalue weighted by atomic mass is 9.84. The number of methoxy groups -OCH3 is 1. The number of halogens is 4. The molecule has 1 unspecified atom stereocenters. The Kier molecular flexibility index (Phi) is 9.21. The van der Waals surface area contributed by atoms with Crippen LogP contribution in [0.25, 0.3) is 5.69 Å².